The van der Waals surface area contributed by atoms with E-state index in [-0.39, 0.29) is 20.0 Å². The monoisotopic (exact) mass is 618 g/mol. The number of hydrogen-bond donors (Lipinski definition) is 3. The third kappa shape index (κ3) is 5.06. The second-order valence-electron chi connectivity index (χ2n) is 11.0. The highest BCUT2D eigenvalue weighted by Gasteiger charge is 2.55. The number of cyclic esters (lactones) is 1. The first-order chi connectivity index (χ1) is 21.2. The lowest BCUT2D eigenvalue weighted by Gasteiger charge is -2.44. The molecule has 2 aromatic rings. The average Bonchev–Trinajstić information content (AvgIpc) is 3.64. The summed E-state index contributed by atoms with van der Waals surface area (Å²) in [5.74, 6) is -0.871. The second-order valence-corrected chi connectivity index (χ2v) is 11.0. The van der Waals surface area contributed by atoms with Crippen molar-refractivity contribution >= 4 is 11.9 Å². The van der Waals surface area contributed by atoms with Gasteiger partial charge in [0, 0.05) is 18.8 Å². The minimum atomic E-state index is -1.67. The third-order valence-corrected chi connectivity index (χ3v) is 8.57. The molecule has 2 saturated heterocycles. The van der Waals surface area contributed by atoms with Crippen LogP contribution in [0.3, 0.4) is 0 Å². The lowest BCUT2D eigenvalue weighted by Crippen LogP contribution is -2.60. The van der Waals surface area contributed by atoms with E-state index in [4.69, 9.17) is 42.6 Å². The molecule has 0 unspecified atom stereocenters. The van der Waals surface area contributed by atoms with Crippen LogP contribution in [-0.4, -0.2) is 99.3 Å². The van der Waals surface area contributed by atoms with Gasteiger partial charge in [0.2, 0.25) is 12.5 Å². The maximum atomic E-state index is 13.4. The fourth-order valence-electron chi connectivity index (χ4n) is 6.48. The Kier molecular flexibility index (Phi) is 8.20. The topological polar surface area (TPSA) is 178 Å². The molecule has 0 aromatic heterocycles. The maximum absolute atomic E-state index is 13.4. The molecule has 14 heteroatoms. The van der Waals surface area contributed by atoms with Crippen molar-refractivity contribution in [1.29, 1.82) is 0 Å². The Morgan fingerprint density at radius 3 is 2.16 bits per heavy atom. The van der Waals surface area contributed by atoms with E-state index in [1.165, 1.54) is 28.3 Å². The van der Waals surface area contributed by atoms with Crippen LogP contribution in [0.25, 0.3) is 0 Å². The Morgan fingerprint density at radius 1 is 0.886 bits per heavy atom. The van der Waals surface area contributed by atoms with Gasteiger partial charge >= 0.3 is 11.9 Å². The predicted molar refractivity (Wildman–Crippen MR) is 146 cm³/mol. The lowest BCUT2D eigenvalue weighted by atomic mass is 9.66. The number of fused-ring (bicyclic) bond motifs is 3. The molecule has 0 spiro atoms. The molecule has 14 nitrogen and oxygen atoms in total. The summed E-state index contributed by atoms with van der Waals surface area (Å²) in [6.45, 7) is 0.809. The van der Waals surface area contributed by atoms with Crippen LogP contribution in [0.2, 0.25) is 0 Å². The van der Waals surface area contributed by atoms with Gasteiger partial charge in [-0.1, -0.05) is 0 Å². The first-order valence-electron chi connectivity index (χ1n) is 14.0. The first-order valence-corrected chi connectivity index (χ1v) is 14.0. The summed E-state index contributed by atoms with van der Waals surface area (Å²) in [6.07, 6.45) is -8.44. The van der Waals surface area contributed by atoms with Crippen molar-refractivity contribution in [2.75, 3.05) is 41.3 Å². The Bertz CT molecular complexity index is 1400. The zero-order valence-corrected chi connectivity index (χ0v) is 24.5. The molecule has 9 atom stereocenters. The number of ether oxygens (including phenoxy) is 9. The van der Waals surface area contributed by atoms with E-state index >= 15 is 0 Å². The standard InChI is InChI=1S/C30H34O14/c1-12(31)39-10-21-24(32)25(33)26(34)30(43-21)44-27-15-8-18-17(41-11-42-18)7-14(15)22(23-16(27)9-40-29(23)35)13-5-19(36-2)28(38-4)20(6-13)37-3/h5-8,16,21-27,30,32-34H,9-11H2,1-4H3/t16-,21+,22+,23-,24+,25-,26+,27-,30+/m0/s1. The van der Waals surface area contributed by atoms with E-state index in [2.05, 4.69) is 0 Å². The third-order valence-electron chi connectivity index (χ3n) is 8.57. The van der Waals surface area contributed by atoms with Gasteiger partial charge in [0.05, 0.1) is 40.0 Å². The van der Waals surface area contributed by atoms with Crippen molar-refractivity contribution in [3.8, 4) is 28.7 Å². The minimum Gasteiger partial charge on any atom is -0.493 e. The molecular formula is C30H34O14. The molecule has 4 aliphatic rings. The molecule has 238 valence electrons. The lowest BCUT2D eigenvalue weighted by molar-refractivity contribution is -0.318. The highest BCUT2D eigenvalue weighted by Crippen LogP contribution is 2.57. The number of carbonyl (C=O) groups excluding carboxylic acids is 2. The van der Waals surface area contributed by atoms with Gasteiger partial charge in [-0.05, 0) is 41.0 Å². The number of aliphatic hydroxyl groups excluding tert-OH is 3. The van der Waals surface area contributed by atoms with E-state index in [1.54, 1.807) is 24.3 Å². The summed E-state index contributed by atoms with van der Waals surface area (Å²) in [7, 11) is 4.50. The SMILES string of the molecule is COc1cc([C@@H]2c3cc4c(cc3[C@H](O[C@H]3O[C@H](COC(C)=O)[C@@H](O)[C@H](O)[C@H]3O)[C@H]3COC(=O)[C@H]23)OCO4)cc(OC)c1OC. The molecule has 0 bridgehead atoms. The van der Waals surface area contributed by atoms with Crippen LogP contribution < -0.4 is 23.7 Å². The van der Waals surface area contributed by atoms with Crippen LogP contribution in [0, 0.1) is 11.8 Å². The van der Waals surface area contributed by atoms with Crippen molar-refractivity contribution in [3.63, 3.8) is 0 Å². The number of esters is 2. The Balaban J connectivity index is 1.44. The zero-order chi connectivity index (χ0) is 31.3. The van der Waals surface area contributed by atoms with Crippen LogP contribution >= 0.6 is 0 Å². The highest BCUT2D eigenvalue weighted by atomic mass is 16.7. The van der Waals surface area contributed by atoms with Gasteiger partial charge in [0.15, 0.2) is 29.3 Å². The van der Waals surface area contributed by atoms with Gasteiger partial charge in [-0.15, -0.1) is 0 Å². The number of carbonyl (C=O) groups is 2. The second kappa shape index (κ2) is 11.9. The quantitative estimate of drug-likeness (QED) is 0.354. The number of rotatable bonds is 8. The molecule has 1 aliphatic carbocycles. The van der Waals surface area contributed by atoms with Crippen LogP contribution in [0.4, 0.5) is 0 Å². The number of hydrogen-bond acceptors (Lipinski definition) is 14. The molecule has 44 heavy (non-hydrogen) atoms. The molecule has 3 heterocycles. The van der Waals surface area contributed by atoms with Gasteiger partial charge in [-0.2, -0.15) is 0 Å². The van der Waals surface area contributed by atoms with Crippen molar-refractivity contribution in [3.05, 3.63) is 41.0 Å². The Morgan fingerprint density at radius 2 is 1.55 bits per heavy atom. The van der Waals surface area contributed by atoms with Gasteiger partial charge in [-0.3, -0.25) is 9.59 Å². The smallest absolute Gasteiger partial charge is 0.310 e. The van der Waals surface area contributed by atoms with Crippen LogP contribution in [0.5, 0.6) is 28.7 Å². The normalized spacial score (nSPS) is 31.9. The summed E-state index contributed by atoms with van der Waals surface area (Å²) in [5.41, 5.74) is 1.96. The number of methoxy groups -OCH3 is 3. The minimum absolute atomic E-state index is 0.000142. The highest BCUT2D eigenvalue weighted by molar-refractivity contribution is 5.79. The fraction of sp³-hybridized carbons (Fsp3) is 0.533. The molecule has 6 rings (SSSR count). The summed E-state index contributed by atoms with van der Waals surface area (Å²) in [4.78, 5) is 24.8. The van der Waals surface area contributed by atoms with Crippen LogP contribution in [0.1, 0.15) is 35.6 Å². The van der Waals surface area contributed by atoms with Gasteiger partial charge < -0.3 is 58.0 Å². The van der Waals surface area contributed by atoms with Crippen LogP contribution in [-0.2, 0) is 28.5 Å². The summed E-state index contributed by atoms with van der Waals surface area (Å²) in [6, 6.07) is 7.08. The van der Waals surface area contributed by atoms with Gasteiger partial charge in [0.1, 0.15) is 31.0 Å². The summed E-state index contributed by atoms with van der Waals surface area (Å²) < 4.78 is 50.8. The molecule has 3 aliphatic heterocycles. The van der Waals surface area contributed by atoms with Gasteiger partial charge in [-0.25, -0.2) is 0 Å². The zero-order valence-electron chi connectivity index (χ0n) is 24.5. The van der Waals surface area contributed by atoms with E-state index in [1.807, 2.05) is 0 Å². The first kappa shape index (κ1) is 30.2. The predicted octanol–water partition coefficient (Wildman–Crippen LogP) is 0.804. The number of benzene rings is 2. The Labute approximate surface area is 252 Å². The molecule has 3 N–H and O–H groups in total. The summed E-state index contributed by atoms with van der Waals surface area (Å²) in [5, 5.41) is 32.0. The maximum Gasteiger partial charge on any atom is 0.310 e. The molecule has 2 aromatic carbocycles. The van der Waals surface area contributed by atoms with Crippen LogP contribution in [0.15, 0.2) is 24.3 Å². The van der Waals surface area contributed by atoms with Gasteiger partial charge in [0.25, 0.3) is 0 Å². The van der Waals surface area contributed by atoms with Crippen molar-refractivity contribution in [1.82, 2.24) is 0 Å². The molecule has 0 amide bonds. The van der Waals surface area contributed by atoms with E-state index in [9.17, 15) is 24.9 Å². The summed E-state index contributed by atoms with van der Waals surface area (Å²) >= 11 is 0. The largest absolute Gasteiger partial charge is 0.493 e. The number of aliphatic hydroxyl groups is 3. The fourth-order valence-corrected chi connectivity index (χ4v) is 6.48. The average molecular weight is 619 g/mol. The van der Waals surface area contributed by atoms with E-state index in [0.29, 0.717) is 45.4 Å². The molecule has 2 fully saturated rings. The molecular weight excluding hydrogens is 584 g/mol. The molecule has 0 saturated carbocycles. The van der Waals surface area contributed by atoms with E-state index in [0.717, 1.165) is 0 Å². The van der Waals surface area contributed by atoms with Crippen molar-refractivity contribution in [2.45, 2.75) is 49.7 Å². The Hall–Kier alpha value is -3.82. The molecule has 0 radical (unpaired) electrons. The van der Waals surface area contributed by atoms with Crippen molar-refractivity contribution in [2.24, 2.45) is 11.8 Å². The van der Waals surface area contributed by atoms with E-state index < -0.39 is 66.5 Å². The van der Waals surface area contributed by atoms with Crippen molar-refractivity contribution < 1.29 is 67.5 Å².